The maximum absolute atomic E-state index is 12.3. The van der Waals surface area contributed by atoms with Gasteiger partial charge in [-0.2, -0.15) is 0 Å². The third-order valence-corrected chi connectivity index (χ3v) is 2.61. The second-order valence-corrected chi connectivity index (χ2v) is 3.77. The number of halogens is 3. The van der Waals surface area contributed by atoms with Gasteiger partial charge in [-0.1, -0.05) is 12.1 Å². The summed E-state index contributed by atoms with van der Waals surface area (Å²) in [7, 11) is 0. The number of hydrogen-bond acceptors (Lipinski definition) is 2. The Labute approximate surface area is 99.2 Å². The third kappa shape index (κ3) is 1.75. The molecule has 2 heterocycles. The van der Waals surface area contributed by atoms with Crippen LogP contribution >= 0.6 is 0 Å². The number of H-pyrrole nitrogens is 1. The Kier molecular flexibility index (Phi) is 2.19. The zero-order valence-corrected chi connectivity index (χ0v) is 8.95. The number of para-hydroxylation sites is 1. The van der Waals surface area contributed by atoms with Gasteiger partial charge in [0.25, 0.3) is 0 Å². The van der Waals surface area contributed by atoms with E-state index in [0.29, 0.717) is 5.39 Å². The van der Waals surface area contributed by atoms with Crippen LogP contribution in [0.1, 0.15) is 0 Å². The topological polar surface area (TPSA) is 37.9 Å². The van der Waals surface area contributed by atoms with Crippen molar-refractivity contribution in [2.75, 3.05) is 0 Å². The molecule has 0 fully saturated rings. The summed E-state index contributed by atoms with van der Waals surface area (Å²) >= 11 is 0. The van der Waals surface area contributed by atoms with Crippen LogP contribution in [0.4, 0.5) is 13.2 Å². The van der Waals surface area contributed by atoms with Crippen molar-refractivity contribution in [2.45, 2.75) is 6.36 Å². The van der Waals surface area contributed by atoms with Crippen LogP contribution in [0.3, 0.4) is 0 Å². The SMILES string of the molecule is FC(F)(F)Oc1cccc2c1ncc1cc[nH]c12. The fraction of sp³-hybridized carbons (Fsp3) is 0.0833. The fourth-order valence-electron chi connectivity index (χ4n) is 1.92. The number of benzene rings is 1. The lowest BCUT2D eigenvalue weighted by Gasteiger charge is -2.10. The Morgan fingerprint density at radius 3 is 2.78 bits per heavy atom. The highest BCUT2D eigenvalue weighted by Crippen LogP contribution is 2.32. The van der Waals surface area contributed by atoms with Crippen molar-refractivity contribution in [1.29, 1.82) is 0 Å². The van der Waals surface area contributed by atoms with Gasteiger partial charge in [0.15, 0.2) is 5.75 Å². The molecule has 2 aromatic heterocycles. The van der Waals surface area contributed by atoms with Crippen LogP contribution in [0.15, 0.2) is 36.7 Å². The second-order valence-electron chi connectivity index (χ2n) is 3.77. The van der Waals surface area contributed by atoms with Gasteiger partial charge < -0.3 is 9.72 Å². The Morgan fingerprint density at radius 1 is 1.17 bits per heavy atom. The molecule has 0 radical (unpaired) electrons. The summed E-state index contributed by atoms with van der Waals surface area (Å²) in [5.74, 6) is -0.295. The summed E-state index contributed by atoms with van der Waals surface area (Å²) in [5.41, 5.74) is 0.928. The number of rotatable bonds is 1. The van der Waals surface area contributed by atoms with Gasteiger partial charge in [-0.25, -0.2) is 0 Å². The smallest absolute Gasteiger partial charge is 0.403 e. The number of fused-ring (bicyclic) bond motifs is 3. The van der Waals surface area contributed by atoms with E-state index in [-0.39, 0.29) is 11.3 Å². The van der Waals surface area contributed by atoms with Crippen molar-refractivity contribution in [2.24, 2.45) is 0 Å². The molecule has 3 rings (SSSR count). The van der Waals surface area contributed by atoms with Gasteiger partial charge in [0.2, 0.25) is 0 Å². The molecule has 0 bridgehead atoms. The van der Waals surface area contributed by atoms with E-state index in [9.17, 15) is 13.2 Å². The molecule has 1 aromatic carbocycles. The highest BCUT2D eigenvalue weighted by Gasteiger charge is 2.32. The van der Waals surface area contributed by atoms with E-state index >= 15 is 0 Å². The number of hydrogen-bond donors (Lipinski definition) is 1. The van der Waals surface area contributed by atoms with Crippen molar-refractivity contribution < 1.29 is 17.9 Å². The van der Waals surface area contributed by atoms with Gasteiger partial charge in [0, 0.05) is 23.2 Å². The number of ether oxygens (including phenoxy) is 1. The molecule has 3 aromatic rings. The van der Waals surface area contributed by atoms with Gasteiger partial charge in [-0.15, -0.1) is 13.2 Å². The van der Waals surface area contributed by atoms with Crippen molar-refractivity contribution in [3.8, 4) is 5.75 Å². The summed E-state index contributed by atoms with van der Waals surface area (Å²) in [6.45, 7) is 0. The monoisotopic (exact) mass is 252 g/mol. The van der Waals surface area contributed by atoms with Crippen molar-refractivity contribution in [3.05, 3.63) is 36.7 Å². The molecular weight excluding hydrogens is 245 g/mol. The Bertz CT molecular complexity index is 718. The molecule has 92 valence electrons. The number of alkyl halides is 3. The second kappa shape index (κ2) is 3.63. The summed E-state index contributed by atoms with van der Waals surface area (Å²) in [5, 5.41) is 1.44. The molecule has 18 heavy (non-hydrogen) atoms. The summed E-state index contributed by atoms with van der Waals surface area (Å²) in [6.07, 6.45) is -1.50. The zero-order valence-electron chi connectivity index (χ0n) is 8.95. The van der Waals surface area contributed by atoms with E-state index < -0.39 is 6.36 Å². The van der Waals surface area contributed by atoms with Crippen LogP contribution < -0.4 is 4.74 Å². The Morgan fingerprint density at radius 2 is 2.00 bits per heavy atom. The summed E-state index contributed by atoms with van der Waals surface area (Å²) < 4.78 is 40.8. The Hall–Kier alpha value is -2.24. The third-order valence-electron chi connectivity index (χ3n) is 2.61. The Balaban J connectivity index is 2.27. The molecule has 3 nitrogen and oxygen atoms in total. The minimum Gasteiger partial charge on any atom is -0.403 e. The minimum absolute atomic E-state index is 0.185. The van der Waals surface area contributed by atoms with Gasteiger partial charge in [0.05, 0.1) is 5.52 Å². The highest BCUT2D eigenvalue weighted by molar-refractivity contribution is 6.05. The largest absolute Gasteiger partial charge is 0.573 e. The fourth-order valence-corrected chi connectivity index (χ4v) is 1.92. The van der Waals surface area contributed by atoms with Crippen LogP contribution in [0.25, 0.3) is 21.8 Å². The number of nitrogens with zero attached hydrogens (tertiary/aromatic N) is 1. The van der Waals surface area contributed by atoms with E-state index in [1.54, 1.807) is 18.3 Å². The summed E-state index contributed by atoms with van der Waals surface area (Å²) in [4.78, 5) is 7.00. The molecule has 0 saturated carbocycles. The molecule has 0 aliphatic carbocycles. The minimum atomic E-state index is -4.72. The maximum Gasteiger partial charge on any atom is 0.573 e. The lowest BCUT2D eigenvalue weighted by atomic mass is 10.1. The van der Waals surface area contributed by atoms with Crippen LogP contribution in [0.2, 0.25) is 0 Å². The molecule has 6 heteroatoms. The lowest BCUT2D eigenvalue weighted by molar-refractivity contribution is -0.274. The van der Waals surface area contributed by atoms with Crippen molar-refractivity contribution in [1.82, 2.24) is 9.97 Å². The van der Waals surface area contributed by atoms with Gasteiger partial charge in [-0.3, -0.25) is 4.98 Å². The van der Waals surface area contributed by atoms with E-state index in [2.05, 4.69) is 14.7 Å². The van der Waals surface area contributed by atoms with Crippen molar-refractivity contribution >= 4 is 21.8 Å². The lowest BCUT2D eigenvalue weighted by Crippen LogP contribution is -2.17. The van der Waals surface area contributed by atoms with Gasteiger partial charge >= 0.3 is 6.36 Å². The highest BCUT2D eigenvalue weighted by atomic mass is 19.4. The molecule has 0 atom stereocenters. The van der Waals surface area contributed by atoms with E-state index in [4.69, 9.17) is 0 Å². The number of nitrogens with one attached hydrogen (secondary N) is 1. The van der Waals surface area contributed by atoms with Crippen LogP contribution in [-0.4, -0.2) is 16.3 Å². The quantitative estimate of drug-likeness (QED) is 0.718. The van der Waals surface area contributed by atoms with Crippen molar-refractivity contribution in [3.63, 3.8) is 0 Å². The molecule has 0 spiro atoms. The number of aromatic nitrogens is 2. The van der Waals surface area contributed by atoms with E-state index in [1.165, 1.54) is 18.3 Å². The molecule has 0 aliphatic rings. The normalized spacial score (nSPS) is 12.2. The summed E-state index contributed by atoms with van der Waals surface area (Å²) in [6, 6.07) is 6.26. The predicted molar refractivity (Wildman–Crippen MR) is 60.3 cm³/mol. The predicted octanol–water partition coefficient (Wildman–Crippen LogP) is 3.61. The van der Waals surface area contributed by atoms with Crippen LogP contribution in [0, 0.1) is 0 Å². The standard InChI is InChI=1S/C12H7F3N2O/c13-12(14,15)18-9-3-1-2-8-10-7(4-5-16-10)6-17-11(8)9/h1-6,16H. The number of pyridine rings is 1. The average Bonchev–Trinajstić information content (AvgIpc) is 2.75. The zero-order chi connectivity index (χ0) is 12.8. The first-order chi connectivity index (χ1) is 8.54. The van der Waals surface area contributed by atoms with Crippen LogP contribution in [-0.2, 0) is 0 Å². The number of aromatic amines is 1. The van der Waals surface area contributed by atoms with E-state index in [1.807, 2.05) is 0 Å². The van der Waals surface area contributed by atoms with Gasteiger partial charge in [-0.05, 0) is 12.1 Å². The van der Waals surface area contributed by atoms with Gasteiger partial charge in [0.1, 0.15) is 5.52 Å². The van der Waals surface area contributed by atoms with Crippen LogP contribution in [0.5, 0.6) is 5.75 Å². The molecular formula is C12H7F3N2O. The maximum atomic E-state index is 12.3. The van der Waals surface area contributed by atoms with E-state index in [0.717, 1.165) is 10.9 Å². The molecule has 0 saturated heterocycles. The first-order valence-corrected chi connectivity index (χ1v) is 5.15. The molecule has 1 N–H and O–H groups in total. The molecule has 0 aliphatic heterocycles. The molecule has 0 amide bonds. The first kappa shape index (κ1) is 10.9. The molecule has 0 unspecified atom stereocenters. The average molecular weight is 252 g/mol. The first-order valence-electron chi connectivity index (χ1n) is 5.15.